The summed E-state index contributed by atoms with van der Waals surface area (Å²) in [4.78, 5) is 0. The maximum absolute atomic E-state index is 13.0. The normalized spacial score (nSPS) is 13.6. The van der Waals surface area contributed by atoms with Crippen LogP contribution in [0.3, 0.4) is 0 Å². The summed E-state index contributed by atoms with van der Waals surface area (Å²) >= 11 is 0. The first-order valence-corrected chi connectivity index (χ1v) is 7.09. The molecule has 1 aromatic carbocycles. The topological polar surface area (TPSA) is 72.2 Å². The number of halogens is 3. The third-order valence-corrected chi connectivity index (χ3v) is 3.36. The lowest BCUT2D eigenvalue weighted by molar-refractivity contribution is 0.438. The molecular weight excluding hydrogens is 269 g/mol. The molecule has 0 amide bonds. The van der Waals surface area contributed by atoms with E-state index in [0.717, 1.165) is 18.4 Å². The number of sulfone groups is 1. The smallest absolute Gasteiger partial charge is 0.194 e. The van der Waals surface area contributed by atoms with Gasteiger partial charge in [-0.25, -0.2) is 21.6 Å². The Bertz CT molecular complexity index is 511. The maximum atomic E-state index is 13.0. The van der Waals surface area contributed by atoms with Gasteiger partial charge in [-0.3, -0.25) is 11.3 Å². The lowest BCUT2D eigenvalue weighted by Crippen LogP contribution is -2.29. The lowest BCUT2D eigenvalue weighted by atomic mass is 10.0. The Morgan fingerprint density at radius 1 is 1.28 bits per heavy atom. The van der Waals surface area contributed by atoms with Gasteiger partial charge in [0.2, 0.25) is 0 Å². The van der Waals surface area contributed by atoms with Gasteiger partial charge in [-0.1, -0.05) is 0 Å². The third-order valence-electron chi connectivity index (χ3n) is 2.39. The summed E-state index contributed by atoms with van der Waals surface area (Å²) in [6.45, 7) is 0. The molecular formula is C10H13F3N2O2S. The van der Waals surface area contributed by atoms with Crippen LogP contribution in [0.4, 0.5) is 13.2 Å². The summed E-state index contributed by atoms with van der Waals surface area (Å²) in [5.74, 6) is 0.725. The van der Waals surface area contributed by atoms with Crippen molar-refractivity contribution in [3.63, 3.8) is 0 Å². The highest BCUT2D eigenvalue weighted by Crippen LogP contribution is 2.21. The van der Waals surface area contributed by atoms with Crippen molar-refractivity contribution in [2.24, 2.45) is 5.84 Å². The van der Waals surface area contributed by atoms with Gasteiger partial charge >= 0.3 is 0 Å². The van der Waals surface area contributed by atoms with E-state index in [9.17, 15) is 21.6 Å². The third kappa shape index (κ3) is 3.97. The number of nitrogens with one attached hydrogen (secondary N) is 1. The summed E-state index contributed by atoms with van der Waals surface area (Å²) in [5.41, 5.74) is 2.30. The quantitative estimate of drug-likeness (QED) is 0.481. The van der Waals surface area contributed by atoms with Crippen molar-refractivity contribution in [3.8, 4) is 0 Å². The zero-order valence-electron chi connectivity index (χ0n) is 9.58. The molecule has 0 aliphatic rings. The number of hydrogen-bond donors (Lipinski definition) is 2. The zero-order valence-corrected chi connectivity index (χ0v) is 10.4. The Labute approximate surface area is 103 Å². The molecule has 0 aromatic heterocycles. The first kappa shape index (κ1) is 14.9. The number of benzene rings is 1. The van der Waals surface area contributed by atoms with Crippen molar-refractivity contribution < 1.29 is 21.6 Å². The van der Waals surface area contributed by atoms with Gasteiger partial charge in [0, 0.05) is 12.3 Å². The van der Waals surface area contributed by atoms with Crippen LogP contribution in [0.15, 0.2) is 12.1 Å². The maximum Gasteiger partial charge on any atom is 0.194 e. The highest BCUT2D eigenvalue weighted by molar-refractivity contribution is 7.90. The molecule has 0 bridgehead atoms. The van der Waals surface area contributed by atoms with E-state index >= 15 is 0 Å². The summed E-state index contributed by atoms with van der Waals surface area (Å²) in [6, 6.07) is 0.792. The van der Waals surface area contributed by atoms with Crippen LogP contribution in [0.1, 0.15) is 18.0 Å². The summed E-state index contributed by atoms with van der Waals surface area (Å²) < 4.78 is 60.8. The van der Waals surface area contributed by atoms with Gasteiger partial charge in [-0.05, 0) is 24.1 Å². The molecule has 102 valence electrons. The van der Waals surface area contributed by atoms with E-state index < -0.39 is 33.3 Å². The van der Waals surface area contributed by atoms with Gasteiger partial charge in [0.15, 0.2) is 17.5 Å². The monoisotopic (exact) mass is 282 g/mol. The van der Waals surface area contributed by atoms with Crippen LogP contribution in [-0.4, -0.2) is 20.4 Å². The Morgan fingerprint density at radius 3 is 2.17 bits per heavy atom. The molecule has 18 heavy (non-hydrogen) atoms. The Kier molecular flexibility index (Phi) is 4.71. The standard InChI is InChI=1S/C10H13F3N2O2S/c1-18(16,17)3-2-9(15-14)6-4-7(11)10(13)8(12)5-6/h4-5,9,15H,2-3,14H2,1H3. The largest absolute Gasteiger partial charge is 0.271 e. The highest BCUT2D eigenvalue weighted by atomic mass is 32.2. The fraction of sp³-hybridized carbons (Fsp3) is 0.400. The predicted molar refractivity (Wildman–Crippen MR) is 60.7 cm³/mol. The van der Waals surface area contributed by atoms with Crippen LogP contribution in [0, 0.1) is 17.5 Å². The van der Waals surface area contributed by atoms with Crippen molar-refractivity contribution in [1.29, 1.82) is 0 Å². The first-order valence-electron chi connectivity index (χ1n) is 5.03. The van der Waals surface area contributed by atoms with Gasteiger partial charge < -0.3 is 0 Å². The molecule has 3 N–H and O–H groups in total. The van der Waals surface area contributed by atoms with E-state index in [-0.39, 0.29) is 17.7 Å². The van der Waals surface area contributed by atoms with E-state index in [1.54, 1.807) is 0 Å². The van der Waals surface area contributed by atoms with Crippen LogP contribution in [0.25, 0.3) is 0 Å². The Morgan fingerprint density at radius 2 is 1.78 bits per heavy atom. The summed E-state index contributed by atoms with van der Waals surface area (Å²) in [6.07, 6.45) is 1.06. The number of rotatable bonds is 5. The molecule has 0 spiro atoms. The van der Waals surface area contributed by atoms with Crippen LogP contribution in [-0.2, 0) is 9.84 Å². The second-order valence-corrected chi connectivity index (χ2v) is 6.20. The molecule has 0 fully saturated rings. The SMILES string of the molecule is CS(=O)(=O)CCC(NN)c1cc(F)c(F)c(F)c1. The second kappa shape index (κ2) is 5.68. The summed E-state index contributed by atoms with van der Waals surface area (Å²) in [7, 11) is -3.22. The molecule has 1 atom stereocenters. The molecule has 0 aliphatic heterocycles. The Hall–Kier alpha value is -1.12. The fourth-order valence-corrected chi connectivity index (χ4v) is 2.12. The molecule has 1 unspecified atom stereocenters. The minimum Gasteiger partial charge on any atom is -0.271 e. The van der Waals surface area contributed by atoms with E-state index in [1.165, 1.54) is 0 Å². The highest BCUT2D eigenvalue weighted by Gasteiger charge is 2.18. The number of nitrogens with two attached hydrogens (primary N) is 1. The van der Waals surface area contributed by atoms with Crippen LogP contribution in [0.2, 0.25) is 0 Å². The van der Waals surface area contributed by atoms with Crippen molar-refractivity contribution in [2.75, 3.05) is 12.0 Å². The van der Waals surface area contributed by atoms with Crippen molar-refractivity contribution in [2.45, 2.75) is 12.5 Å². The van der Waals surface area contributed by atoms with Crippen LogP contribution >= 0.6 is 0 Å². The van der Waals surface area contributed by atoms with Gasteiger partial charge in [-0.15, -0.1) is 0 Å². The van der Waals surface area contributed by atoms with E-state index in [2.05, 4.69) is 5.43 Å². The number of hydrazine groups is 1. The van der Waals surface area contributed by atoms with Crippen molar-refractivity contribution >= 4 is 9.84 Å². The molecule has 8 heteroatoms. The summed E-state index contributed by atoms with van der Waals surface area (Å²) in [5, 5.41) is 0. The average Bonchev–Trinajstić information content (AvgIpc) is 2.25. The van der Waals surface area contributed by atoms with Crippen molar-refractivity contribution in [1.82, 2.24) is 5.43 Å². The minimum absolute atomic E-state index is 0.0276. The minimum atomic E-state index is -3.22. The predicted octanol–water partition coefficient (Wildman–Crippen LogP) is 1.04. The molecule has 0 heterocycles. The van der Waals surface area contributed by atoms with E-state index in [1.807, 2.05) is 0 Å². The second-order valence-electron chi connectivity index (χ2n) is 3.94. The molecule has 1 aromatic rings. The van der Waals surface area contributed by atoms with Gasteiger partial charge in [-0.2, -0.15) is 0 Å². The Balaban J connectivity index is 2.96. The fourth-order valence-electron chi connectivity index (χ4n) is 1.45. The number of hydrogen-bond acceptors (Lipinski definition) is 4. The van der Waals surface area contributed by atoms with Gasteiger partial charge in [0.1, 0.15) is 9.84 Å². The van der Waals surface area contributed by atoms with E-state index in [0.29, 0.717) is 0 Å². The van der Waals surface area contributed by atoms with Crippen LogP contribution < -0.4 is 11.3 Å². The average molecular weight is 282 g/mol. The molecule has 0 aliphatic carbocycles. The molecule has 0 radical (unpaired) electrons. The molecule has 0 saturated heterocycles. The van der Waals surface area contributed by atoms with Gasteiger partial charge in [0.25, 0.3) is 0 Å². The molecule has 4 nitrogen and oxygen atoms in total. The molecule has 1 rings (SSSR count). The van der Waals surface area contributed by atoms with Crippen LogP contribution in [0.5, 0.6) is 0 Å². The first-order chi connectivity index (χ1) is 8.24. The zero-order chi connectivity index (χ0) is 13.9. The lowest BCUT2D eigenvalue weighted by Gasteiger charge is -2.16. The van der Waals surface area contributed by atoms with E-state index in [4.69, 9.17) is 5.84 Å². The van der Waals surface area contributed by atoms with Gasteiger partial charge in [0.05, 0.1) is 5.75 Å². The van der Waals surface area contributed by atoms with Crippen molar-refractivity contribution in [3.05, 3.63) is 35.1 Å². The molecule has 0 saturated carbocycles.